The summed E-state index contributed by atoms with van der Waals surface area (Å²) in [6, 6.07) is 4.64. The van der Waals surface area contributed by atoms with Crippen LogP contribution in [0.15, 0.2) is 24.3 Å². The Kier molecular flexibility index (Phi) is 7.57. The molecule has 4 amide bonds. The van der Waals surface area contributed by atoms with Gasteiger partial charge in [0, 0.05) is 29.9 Å². The van der Waals surface area contributed by atoms with Crippen molar-refractivity contribution in [3.8, 4) is 5.75 Å². The number of H-pyrrole nitrogens is 1. The first kappa shape index (κ1) is 29.6. The minimum atomic E-state index is -0.918. The zero-order valence-corrected chi connectivity index (χ0v) is 25.1. The maximum atomic E-state index is 14.2. The number of benzene rings is 1. The molecule has 4 N–H and O–H groups in total. The number of fused-ring (bicyclic) bond motifs is 2. The number of nitrogens with one attached hydrogen (secondary N) is 4. The van der Waals surface area contributed by atoms with E-state index in [4.69, 9.17) is 4.74 Å². The number of aldehydes is 1. The lowest BCUT2D eigenvalue weighted by atomic mass is 9.85. The van der Waals surface area contributed by atoms with Crippen LogP contribution in [0, 0.1) is 28.6 Å². The third-order valence-electron chi connectivity index (χ3n) is 9.43. The molecule has 11 heteroatoms. The van der Waals surface area contributed by atoms with E-state index in [1.807, 2.05) is 39.0 Å². The fourth-order valence-corrected chi connectivity index (χ4v) is 6.86. The van der Waals surface area contributed by atoms with Crippen LogP contribution in [-0.2, 0) is 19.2 Å². The summed E-state index contributed by atoms with van der Waals surface area (Å²) in [6.45, 7) is 10.7. The van der Waals surface area contributed by atoms with E-state index < -0.39 is 35.4 Å². The topological polar surface area (TPSA) is 150 Å². The van der Waals surface area contributed by atoms with Crippen molar-refractivity contribution in [2.24, 2.45) is 28.6 Å². The maximum Gasteiger partial charge on any atom is 0.268 e. The van der Waals surface area contributed by atoms with Gasteiger partial charge in [-0.15, -0.1) is 0 Å². The van der Waals surface area contributed by atoms with Gasteiger partial charge in [-0.2, -0.15) is 0 Å². The van der Waals surface area contributed by atoms with E-state index in [0.29, 0.717) is 37.2 Å². The summed E-state index contributed by atoms with van der Waals surface area (Å²) in [5.41, 5.74) is 0.226. The zero-order chi connectivity index (χ0) is 30.6. The van der Waals surface area contributed by atoms with Gasteiger partial charge < -0.3 is 35.4 Å². The molecule has 1 aliphatic carbocycles. The Morgan fingerprint density at radius 2 is 1.95 bits per heavy atom. The fourth-order valence-electron chi connectivity index (χ4n) is 6.86. The molecule has 0 spiro atoms. The van der Waals surface area contributed by atoms with E-state index in [1.165, 1.54) is 0 Å². The number of amides is 4. The molecule has 42 heavy (non-hydrogen) atoms. The van der Waals surface area contributed by atoms with Crippen LogP contribution in [-0.4, -0.2) is 78.1 Å². The van der Waals surface area contributed by atoms with Crippen molar-refractivity contribution in [2.45, 2.75) is 65.6 Å². The molecule has 226 valence electrons. The van der Waals surface area contributed by atoms with Crippen LogP contribution >= 0.6 is 0 Å². The van der Waals surface area contributed by atoms with Crippen LogP contribution in [0.2, 0.25) is 0 Å². The molecule has 3 heterocycles. The van der Waals surface area contributed by atoms with Crippen LogP contribution in [0.1, 0.15) is 57.9 Å². The Hall–Kier alpha value is -3.89. The van der Waals surface area contributed by atoms with Gasteiger partial charge >= 0.3 is 0 Å². The molecule has 0 bridgehead atoms. The van der Waals surface area contributed by atoms with Gasteiger partial charge in [0.2, 0.25) is 17.7 Å². The second-order valence-electron chi connectivity index (χ2n) is 13.5. The Balaban J connectivity index is 1.36. The number of piperidine rings is 1. The van der Waals surface area contributed by atoms with Crippen molar-refractivity contribution in [3.05, 3.63) is 30.0 Å². The largest absolute Gasteiger partial charge is 0.496 e. The number of aromatic amines is 1. The minimum absolute atomic E-state index is 0.0685. The fraction of sp³-hybridized carbons (Fsp3) is 0.581. The summed E-state index contributed by atoms with van der Waals surface area (Å²) in [7, 11) is 1.56. The molecule has 5 rings (SSSR count). The average molecular weight is 580 g/mol. The van der Waals surface area contributed by atoms with Crippen molar-refractivity contribution in [1.29, 1.82) is 0 Å². The van der Waals surface area contributed by atoms with E-state index in [-0.39, 0.29) is 41.4 Å². The Bertz CT molecular complexity index is 1420. The first-order chi connectivity index (χ1) is 19.8. The molecule has 3 aliphatic rings. The van der Waals surface area contributed by atoms with Gasteiger partial charge in [0.05, 0.1) is 13.2 Å². The first-order valence-corrected chi connectivity index (χ1v) is 14.6. The SMILES string of the molecule is COc1cccc2[nH]c(C(=O)N[C@H](C(=O)N3C[C@H]4[C@@H]([C@H]3C(=O)N[C@H](C=O)C[C@@H]3CCNC3=O)C4(C)C)C(C)(C)C)cc12. The summed E-state index contributed by atoms with van der Waals surface area (Å²) in [5.74, 6) is -0.953. The second-order valence-corrected chi connectivity index (χ2v) is 13.5. The van der Waals surface area contributed by atoms with E-state index in [1.54, 1.807) is 18.1 Å². The van der Waals surface area contributed by atoms with Crippen molar-refractivity contribution >= 4 is 40.8 Å². The van der Waals surface area contributed by atoms with Crippen LogP contribution in [0.25, 0.3) is 10.9 Å². The maximum absolute atomic E-state index is 14.2. The van der Waals surface area contributed by atoms with Crippen LogP contribution in [0.4, 0.5) is 0 Å². The molecule has 3 fully saturated rings. The average Bonchev–Trinajstić information content (AvgIpc) is 3.45. The summed E-state index contributed by atoms with van der Waals surface area (Å²) in [4.78, 5) is 70.0. The van der Waals surface area contributed by atoms with Crippen molar-refractivity contribution < 1.29 is 28.7 Å². The third-order valence-corrected chi connectivity index (χ3v) is 9.43. The van der Waals surface area contributed by atoms with E-state index in [9.17, 15) is 24.0 Å². The van der Waals surface area contributed by atoms with E-state index in [0.717, 1.165) is 10.9 Å². The van der Waals surface area contributed by atoms with Crippen molar-refractivity contribution in [1.82, 2.24) is 25.8 Å². The predicted octanol–water partition coefficient (Wildman–Crippen LogP) is 2.01. The smallest absolute Gasteiger partial charge is 0.268 e. The molecular weight excluding hydrogens is 538 g/mol. The molecule has 0 radical (unpaired) electrons. The van der Waals surface area contributed by atoms with Gasteiger partial charge in [-0.05, 0) is 53.7 Å². The molecule has 2 saturated heterocycles. The number of hydrogen-bond donors (Lipinski definition) is 4. The molecule has 1 aromatic carbocycles. The van der Waals surface area contributed by atoms with Gasteiger partial charge in [-0.25, -0.2) is 0 Å². The molecule has 1 saturated carbocycles. The Morgan fingerprint density at radius 3 is 2.57 bits per heavy atom. The number of aromatic nitrogens is 1. The molecule has 1 aromatic heterocycles. The summed E-state index contributed by atoms with van der Waals surface area (Å²) in [6.07, 6.45) is 1.49. The third kappa shape index (κ3) is 5.25. The number of carbonyl (C=O) groups excluding carboxylic acids is 5. The lowest BCUT2D eigenvalue weighted by Gasteiger charge is -2.37. The number of likely N-dealkylation sites (tertiary alicyclic amines) is 1. The number of nitrogens with zero attached hydrogens (tertiary/aromatic N) is 1. The molecular formula is C31H41N5O6. The molecule has 2 aliphatic heterocycles. The van der Waals surface area contributed by atoms with Crippen molar-refractivity contribution in [3.63, 3.8) is 0 Å². The number of carbonyl (C=O) groups is 5. The number of ether oxygens (including phenoxy) is 1. The highest BCUT2D eigenvalue weighted by atomic mass is 16.5. The number of hydrogen-bond acceptors (Lipinski definition) is 6. The highest BCUT2D eigenvalue weighted by molar-refractivity contribution is 6.02. The standard InChI is InChI=1S/C31H41N5O6/c1-30(2,3)25(35-27(39)21-13-18-20(34-21)8-7-9-22(18)42-6)29(41)36-14-19-23(31(19,4)5)24(36)28(40)33-17(15-37)12-16-10-11-32-26(16)38/h7-9,13,15-17,19,23-25,34H,10-12,14H2,1-6H3,(H,32,38)(H,33,40)(H,35,39)/t16-,17-,19-,23-,24-,25+/m0/s1. The Morgan fingerprint density at radius 1 is 1.21 bits per heavy atom. The van der Waals surface area contributed by atoms with E-state index >= 15 is 0 Å². The highest BCUT2D eigenvalue weighted by Crippen LogP contribution is 2.65. The van der Waals surface area contributed by atoms with Gasteiger partial charge in [-0.3, -0.25) is 19.2 Å². The normalized spacial score (nSPS) is 25.8. The number of methoxy groups -OCH3 is 1. The summed E-state index contributed by atoms with van der Waals surface area (Å²) >= 11 is 0. The van der Waals surface area contributed by atoms with Gasteiger partial charge in [-0.1, -0.05) is 40.7 Å². The van der Waals surface area contributed by atoms with Gasteiger partial charge in [0.1, 0.15) is 29.8 Å². The van der Waals surface area contributed by atoms with E-state index in [2.05, 4.69) is 34.8 Å². The summed E-state index contributed by atoms with van der Waals surface area (Å²) in [5, 5.41) is 9.26. The number of rotatable bonds is 9. The van der Waals surface area contributed by atoms with Gasteiger partial charge in [0.15, 0.2) is 0 Å². The van der Waals surface area contributed by atoms with Crippen LogP contribution in [0.3, 0.4) is 0 Å². The monoisotopic (exact) mass is 579 g/mol. The highest BCUT2D eigenvalue weighted by Gasteiger charge is 2.69. The minimum Gasteiger partial charge on any atom is -0.496 e. The zero-order valence-electron chi connectivity index (χ0n) is 25.1. The molecule has 0 unspecified atom stereocenters. The Labute approximate surface area is 245 Å². The van der Waals surface area contributed by atoms with Crippen LogP contribution in [0.5, 0.6) is 5.75 Å². The molecule has 6 atom stereocenters. The first-order valence-electron chi connectivity index (χ1n) is 14.6. The quantitative estimate of drug-likeness (QED) is 0.334. The van der Waals surface area contributed by atoms with Crippen molar-refractivity contribution in [2.75, 3.05) is 20.2 Å². The lowest BCUT2D eigenvalue weighted by Crippen LogP contribution is -2.60. The molecule has 11 nitrogen and oxygen atoms in total. The molecule has 2 aromatic rings. The lowest BCUT2D eigenvalue weighted by molar-refractivity contribution is -0.144. The van der Waals surface area contributed by atoms with Crippen LogP contribution < -0.4 is 20.7 Å². The summed E-state index contributed by atoms with van der Waals surface area (Å²) < 4.78 is 5.41. The predicted molar refractivity (Wildman–Crippen MR) is 156 cm³/mol. The van der Waals surface area contributed by atoms with Gasteiger partial charge in [0.25, 0.3) is 5.91 Å². The second kappa shape index (κ2) is 10.7.